The summed E-state index contributed by atoms with van der Waals surface area (Å²) < 4.78 is 1.46. The van der Waals surface area contributed by atoms with E-state index in [4.69, 9.17) is 0 Å². The van der Waals surface area contributed by atoms with E-state index in [0.717, 1.165) is 23.7 Å². The predicted octanol–water partition coefficient (Wildman–Crippen LogP) is 7.40. The Balaban J connectivity index is 0.000000184. The van der Waals surface area contributed by atoms with E-state index in [1.807, 2.05) is 0 Å². The van der Waals surface area contributed by atoms with Gasteiger partial charge in [-0.2, -0.15) is 11.6 Å². The standard InChI is InChI=1S/C23H29.C17H23.C9H10.2ClH.Zr/c1-14-9-16-11-17-10-15(2)21(23(6,7)8)13-19(17)18(16)12-20(14)22(3,4)5;1-11-3-4-14(5-11)17(2)15-7-12-6-13(9-15)10-16(17)8-12;1-3-9-6-4-8(2)5-7-9;;;/h9-13H,1-8H3;4-5,11-13,15-16H,6-10H2,1-2H3;4-7H,1-2H3;2*1H;/q2*-1;;;;+2/p-2. The van der Waals surface area contributed by atoms with Gasteiger partial charge in [-0.25, -0.2) is 6.08 Å². The first kappa shape index (κ1) is 43.1. The van der Waals surface area contributed by atoms with Crippen LogP contribution in [0.2, 0.25) is 0 Å². The summed E-state index contributed by atoms with van der Waals surface area (Å²) in [7, 11) is 0. The molecule has 4 bridgehead atoms. The normalized spacial score (nSPS) is 25.8. The molecule has 5 aliphatic rings. The number of benzene rings is 3. The van der Waals surface area contributed by atoms with Crippen molar-refractivity contribution in [3.8, 4) is 0 Å². The molecule has 4 aromatic carbocycles. The van der Waals surface area contributed by atoms with Crippen LogP contribution in [-0.2, 0) is 35.1 Å². The molecule has 4 fully saturated rings. The first-order chi connectivity index (χ1) is 23.3. The van der Waals surface area contributed by atoms with E-state index >= 15 is 0 Å². The van der Waals surface area contributed by atoms with Gasteiger partial charge in [0.1, 0.15) is 0 Å². The molecule has 1 atom stereocenters. The van der Waals surface area contributed by atoms with Crippen molar-refractivity contribution < 1.29 is 49.0 Å². The topological polar surface area (TPSA) is 0 Å². The molecule has 0 radical (unpaired) electrons. The quantitative estimate of drug-likeness (QED) is 0.185. The second-order valence-corrected chi connectivity index (χ2v) is 20.8. The van der Waals surface area contributed by atoms with Crippen LogP contribution < -0.4 is 24.8 Å². The third-order valence-electron chi connectivity index (χ3n) is 12.9. The molecule has 0 aliphatic heterocycles. The van der Waals surface area contributed by atoms with Crippen LogP contribution in [0, 0.1) is 61.9 Å². The number of aryl methyl sites for hydroxylation is 3. The van der Waals surface area contributed by atoms with E-state index in [9.17, 15) is 0 Å². The minimum Gasteiger partial charge on any atom is -1.00 e. The number of rotatable bonds is 2. The van der Waals surface area contributed by atoms with Crippen LogP contribution in [0.3, 0.4) is 0 Å². The Morgan fingerprint density at radius 1 is 0.731 bits per heavy atom. The maximum Gasteiger partial charge on any atom is -0.0142 e. The van der Waals surface area contributed by atoms with E-state index < -0.39 is 0 Å². The summed E-state index contributed by atoms with van der Waals surface area (Å²) in [4.78, 5) is 0. The van der Waals surface area contributed by atoms with Gasteiger partial charge in [0.25, 0.3) is 0 Å². The molecule has 52 heavy (non-hydrogen) atoms. The molecule has 5 aliphatic carbocycles. The monoisotopic (exact) mass is 810 g/mol. The van der Waals surface area contributed by atoms with Crippen LogP contribution in [0.4, 0.5) is 0 Å². The van der Waals surface area contributed by atoms with Gasteiger partial charge in [0.2, 0.25) is 0 Å². The van der Waals surface area contributed by atoms with Crippen LogP contribution in [0.25, 0.3) is 21.5 Å². The summed E-state index contributed by atoms with van der Waals surface area (Å²) in [6.07, 6.45) is 15.9. The molecule has 0 nitrogen and oxygen atoms in total. The summed E-state index contributed by atoms with van der Waals surface area (Å²) in [5.41, 5.74) is 10.9. The first-order valence-electron chi connectivity index (χ1n) is 19.4. The molecule has 0 aromatic heterocycles. The number of hydrogen-bond acceptors (Lipinski definition) is 0. The van der Waals surface area contributed by atoms with Gasteiger partial charge in [-0.3, -0.25) is 6.08 Å². The van der Waals surface area contributed by atoms with Crippen molar-refractivity contribution in [1.29, 1.82) is 0 Å². The van der Waals surface area contributed by atoms with Crippen molar-refractivity contribution in [3.05, 3.63) is 112 Å². The number of halogens is 2. The maximum absolute atomic E-state index is 3.49. The summed E-state index contributed by atoms with van der Waals surface area (Å²) in [5, 5.41) is 5.55. The molecule has 9 rings (SSSR count). The molecule has 0 spiro atoms. The van der Waals surface area contributed by atoms with Gasteiger partial charge in [0.15, 0.2) is 0 Å². The van der Waals surface area contributed by atoms with E-state index in [1.165, 1.54) is 108 Å². The fraction of sp³-hybridized carbons (Fsp3) is 0.510. The summed E-state index contributed by atoms with van der Waals surface area (Å²) in [5.74, 6) is 4.68. The second kappa shape index (κ2) is 16.2. The summed E-state index contributed by atoms with van der Waals surface area (Å²) in [6, 6.07) is 20.6. The smallest absolute Gasteiger partial charge is 0.0142 e. The minimum absolute atomic E-state index is 0. The van der Waals surface area contributed by atoms with Crippen molar-refractivity contribution >= 4 is 24.8 Å². The fourth-order valence-electron chi connectivity index (χ4n) is 10.3. The number of allylic oxidation sites excluding steroid dienone is 4. The zero-order chi connectivity index (χ0) is 36.3. The first-order valence-corrected chi connectivity index (χ1v) is 20.7. The van der Waals surface area contributed by atoms with Crippen LogP contribution in [0.15, 0.2) is 72.3 Å². The Morgan fingerprint density at radius 3 is 1.54 bits per heavy atom. The Hall–Kier alpha value is -1.66. The molecular formula is C49H62Cl2Zr-2. The molecule has 0 amide bonds. The van der Waals surface area contributed by atoms with Gasteiger partial charge in [-0.05, 0) is 80.5 Å². The summed E-state index contributed by atoms with van der Waals surface area (Å²) >= 11 is 1.51. The molecule has 1 unspecified atom stereocenters. The molecule has 0 saturated heterocycles. The van der Waals surface area contributed by atoms with Crippen LogP contribution >= 0.6 is 0 Å². The molecule has 3 heteroatoms. The van der Waals surface area contributed by atoms with Gasteiger partial charge >= 0.3 is 76.7 Å². The van der Waals surface area contributed by atoms with Gasteiger partial charge in [0, 0.05) is 0 Å². The third-order valence-corrected chi connectivity index (χ3v) is 13.6. The Kier molecular flexibility index (Phi) is 13.4. The zero-order valence-electron chi connectivity index (χ0n) is 34.0. The minimum atomic E-state index is 0. The van der Waals surface area contributed by atoms with Gasteiger partial charge in [-0.1, -0.05) is 101 Å². The number of fused-ring (bicyclic) bond motifs is 3. The fourth-order valence-corrected chi connectivity index (χ4v) is 10.7. The van der Waals surface area contributed by atoms with E-state index in [1.54, 1.807) is 12.0 Å². The van der Waals surface area contributed by atoms with Crippen molar-refractivity contribution in [1.82, 2.24) is 0 Å². The second-order valence-electron chi connectivity index (χ2n) is 19.0. The molecule has 0 heterocycles. The van der Waals surface area contributed by atoms with Crippen LogP contribution in [0.1, 0.15) is 128 Å². The van der Waals surface area contributed by atoms with Crippen molar-refractivity contribution in [2.45, 2.75) is 126 Å². The summed E-state index contributed by atoms with van der Waals surface area (Å²) in [6.45, 7) is 27.4. The van der Waals surface area contributed by atoms with E-state index in [-0.39, 0.29) is 35.6 Å². The third kappa shape index (κ3) is 8.74. The Labute approximate surface area is 344 Å². The average molecular weight is 813 g/mol. The van der Waals surface area contributed by atoms with Crippen LogP contribution in [-0.4, -0.2) is 3.21 Å². The maximum atomic E-state index is 3.49. The molecule has 4 saturated carbocycles. The van der Waals surface area contributed by atoms with Crippen molar-refractivity contribution in [3.63, 3.8) is 0 Å². The SMILES string of the molecule is CC1[C-]=CC(C2(C)C3CC4CC(C3)CC2C4)=C1.C[C](=[Zr+2])c1ccc(C)cc1.Cc1cc2[cH-]c3cc(C)c(C(C)(C)C)cc3c2cc1C(C)(C)C.[Cl-].[Cl-]. The molecule has 278 valence electrons. The van der Waals surface area contributed by atoms with Gasteiger partial charge in [-0.15, -0.1) is 39.7 Å². The van der Waals surface area contributed by atoms with Crippen molar-refractivity contribution in [2.24, 2.45) is 35.0 Å². The van der Waals surface area contributed by atoms with Crippen LogP contribution in [0.5, 0.6) is 0 Å². The zero-order valence-corrected chi connectivity index (χ0v) is 38.0. The Morgan fingerprint density at radius 2 is 1.17 bits per heavy atom. The van der Waals surface area contributed by atoms with Crippen molar-refractivity contribution in [2.75, 3.05) is 0 Å². The molecule has 4 aromatic rings. The molecule has 0 N–H and O–H groups in total. The predicted molar refractivity (Wildman–Crippen MR) is 215 cm³/mol. The van der Waals surface area contributed by atoms with Gasteiger partial charge in [0.05, 0.1) is 0 Å². The van der Waals surface area contributed by atoms with E-state index in [0.29, 0.717) is 11.3 Å². The largest absolute Gasteiger partial charge is 1.00 e. The van der Waals surface area contributed by atoms with Gasteiger partial charge < -0.3 is 24.8 Å². The number of hydrogen-bond donors (Lipinski definition) is 0. The average Bonchev–Trinajstić information content (AvgIpc) is 3.61. The Bertz CT molecular complexity index is 1850. The van der Waals surface area contributed by atoms with E-state index in [2.05, 4.69) is 156 Å². The molecular weight excluding hydrogens is 751 g/mol.